The van der Waals surface area contributed by atoms with Gasteiger partial charge in [-0.3, -0.25) is 0 Å². The number of ether oxygens (including phenoxy) is 2. The summed E-state index contributed by atoms with van der Waals surface area (Å²) in [6, 6.07) is 10.9. The summed E-state index contributed by atoms with van der Waals surface area (Å²) in [7, 11) is 1.59. The van der Waals surface area contributed by atoms with Crippen molar-refractivity contribution in [3.63, 3.8) is 0 Å². The van der Waals surface area contributed by atoms with E-state index in [0.717, 1.165) is 12.8 Å². The van der Waals surface area contributed by atoms with Gasteiger partial charge in [-0.25, -0.2) is 9.78 Å². The first-order chi connectivity index (χ1) is 12.7. The van der Waals surface area contributed by atoms with Crippen molar-refractivity contribution in [1.29, 1.82) is 0 Å². The maximum Gasteiger partial charge on any atom is 0.322 e. The smallest absolute Gasteiger partial charge is 0.322 e. The van der Waals surface area contributed by atoms with E-state index in [-0.39, 0.29) is 12.1 Å². The molecule has 3 rings (SSSR count). The third kappa shape index (κ3) is 4.14. The Labute approximate surface area is 153 Å². The zero-order chi connectivity index (χ0) is 18.4. The van der Waals surface area contributed by atoms with Gasteiger partial charge in [-0.2, -0.15) is 0 Å². The van der Waals surface area contributed by atoms with E-state index >= 15 is 0 Å². The van der Waals surface area contributed by atoms with Crippen LogP contribution in [0.3, 0.4) is 0 Å². The average molecular weight is 353 g/mol. The fraction of sp³-hybridized carbons (Fsp3) is 0.300. The summed E-state index contributed by atoms with van der Waals surface area (Å²) in [5.74, 6) is 1.65. The summed E-state index contributed by atoms with van der Waals surface area (Å²) in [5, 5.41) is 2.89. The number of amides is 2. The fourth-order valence-corrected chi connectivity index (χ4v) is 2.88. The molecule has 0 radical (unpaired) electrons. The zero-order valence-electron chi connectivity index (χ0n) is 15.0. The summed E-state index contributed by atoms with van der Waals surface area (Å²) >= 11 is 0. The molecule has 0 bridgehead atoms. The lowest BCUT2D eigenvalue weighted by atomic mass is 10.2. The first-order valence-corrected chi connectivity index (χ1v) is 8.72. The number of benzene rings is 1. The fourth-order valence-electron chi connectivity index (χ4n) is 2.88. The number of urea groups is 1. The topological polar surface area (TPSA) is 63.7 Å². The van der Waals surface area contributed by atoms with Crippen LogP contribution < -0.4 is 14.8 Å². The van der Waals surface area contributed by atoms with Gasteiger partial charge >= 0.3 is 6.03 Å². The van der Waals surface area contributed by atoms with Crippen LogP contribution in [-0.4, -0.2) is 35.6 Å². The van der Waals surface area contributed by atoms with Crippen LogP contribution in [0, 0.1) is 0 Å². The van der Waals surface area contributed by atoms with Crippen LogP contribution in [-0.2, 0) is 0 Å². The third-order valence-corrected chi connectivity index (χ3v) is 4.18. The van der Waals surface area contributed by atoms with E-state index in [0.29, 0.717) is 29.6 Å². The van der Waals surface area contributed by atoms with E-state index in [9.17, 15) is 4.79 Å². The molecular formula is C20H23N3O3. The zero-order valence-corrected chi connectivity index (χ0v) is 15.0. The second-order valence-corrected chi connectivity index (χ2v) is 6.00. The Balaban J connectivity index is 1.62. The van der Waals surface area contributed by atoms with Crippen LogP contribution in [0.2, 0.25) is 0 Å². The Kier molecular flexibility index (Phi) is 5.73. The molecule has 0 saturated heterocycles. The monoisotopic (exact) mass is 353 g/mol. The number of pyridine rings is 1. The first kappa shape index (κ1) is 17.8. The second-order valence-electron chi connectivity index (χ2n) is 6.00. The Bertz CT molecular complexity index is 774. The lowest BCUT2D eigenvalue weighted by molar-refractivity contribution is 0.208. The van der Waals surface area contributed by atoms with Crippen molar-refractivity contribution in [2.75, 3.05) is 19.0 Å². The number of nitrogens with zero attached hydrogens (tertiary/aromatic N) is 2. The molecule has 0 spiro atoms. The number of rotatable bonds is 6. The molecule has 0 saturated carbocycles. The van der Waals surface area contributed by atoms with Crippen molar-refractivity contribution in [2.45, 2.75) is 25.8 Å². The van der Waals surface area contributed by atoms with Gasteiger partial charge in [-0.15, -0.1) is 0 Å². The largest absolute Gasteiger partial charge is 0.493 e. The summed E-state index contributed by atoms with van der Waals surface area (Å²) in [6.45, 7) is 2.76. The highest BCUT2D eigenvalue weighted by Crippen LogP contribution is 2.30. The summed E-state index contributed by atoms with van der Waals surface area (Å²) in [5.41, 5.74) is 0.629. The van der Waals surface area contributed by atoms with Gasteiger partial charge in [0.05, 0.1) is 25.0 Å². The number of hydrogen-bond acceptors (Lipinski definition) is 4. The summed E-state index contributed by atoms with van der Waals surface area (Å²) in [4.78, 5) is 18.5. The quantitative estimate of drug-likeness (QED) is 0.779. The number of hydrogen-bond donors (Lipinski definition) is 1. The molecular weight excluding hydrogens is 330 g/mol. The highest BCUT2D eigenvalue weighted by atomic mass is 16.5. The minimum atomic E-state index is -0.117. The van der Waals surface area contributed by atoms with Gasteiger partial charge in [0.2, 0.25) is 5.88 Å². The van der Waals surface area contributed by atoms with E-state index in [4.69, 9.17) is 9.47 Å². The Morgan fingerprint density at radius 1 is 1.27 bits per heavy atom. The predicted molar refractivity (Wildman–Crippen MR) is 101 cm³/mol. The van der Waals surface area contributed by atoms with Crippen LogP contribution in [0.4, 0.5) is 10.5 Å². The van der Waals surface area contributed by atoms with Crippen LogP contribution in [0.25, 0.3) is 0 Å². The molecule has 0 unspecified atom stereocenters. The normalized spacial score (nSPS) is 15.8. The molecule has 1 aliphatic heterocycles. The summed E-state index contributed by atoms with van der Waals surface area (Å²) in [6.07, 6.45) is 7.71. The van der Waals surface area contributed by atoms with Gasteiger partial charge in [0.25, 0.3) is 0 Å². The van der Waals surface area contributed by atoms with Crippen LogP contribution in [0.5, 0.6) is 17.4 Å². The van der Waals surface area contributed by atoms with Crippen molar-refractivity contribution in [1.82, 2.24) is 9.88 Å². The minimum absolute atomic E-state index is 0.117. The predicted octanol–water partition coefficient (Wildman–Crippen LogP) is 4.45. The van der Waals surface area contributed by atoms with Crippen molar-refractivity contribution >= 4 is 11.7 Å². The van der Waals surface area contributed by atoms with Gasteiger partial charge in [0, 0.05) is 12.6 Å². The molecule has 2 amide bonds. The number of nitrogens with one attached hydrogen (secondary N) is 1. The lowest BCUT2D eigenvalue weighted by Gasteiger charge is -2.24. The first-order valence-electron chi connectivity index (χ1n) is 8.72. The van der Waals surface area contributed by atoms with E-state index < -0.39 is 0 Å². The SMILES string of the molecule is CCC[C@@H]1C=CCN1C(=O)Nc1ccc(Oc2ccccc2OC)nc1. The summed E-state index contributed by atoms with van der Waals surface area (Å²) < 4.78 is 11.0. The lowest BCUT2D eigenvalue weighted by Crippen LogP contribution is -2.39. The Morgan fingerprint density at radius 3 is 2.77 bits per heavy atom. The molecule has 1 N–H and O–H groups in total. The number of anilines is 1. The molecule has 2 aromatic rings. The molecule has 1 aromatic carbocycles. The van der Waals surface area contributed by atoms with E-state index in [1.54, 1.807) is 25.4 Å². The van der Waals surface area contributed by atoms with Gasteiger partial charge < -0.3 is 19.7 Å². The third-order valence-electron chi connectivity index (χ3n) is 4.18. The molecule has 6 nitrogen and oxygen atoms in total. The van der Waals surface area contributed by atoms with Crippen LogP contribution in [0.15, 0.2) is 54.7 Å². The number of para-hydroxylation sites is 2. The van der Waals surface area contributed by atoms with Gasteiger partial charge in [-0.1, -0.05) is 37.6 Å². The average Bonchev–Trinajstić information content (AvgIpc) is 3.12. The molecule has 0 aliphatic carbocycles. The van der Waals surface area contributed by atoms with Crippen LogP contribution in [0.1, 0.15) is 19.8 Å². The van der Waals surface area contributed by atoms with E-state index in [1.165, 1.54) is 0 Å². The molecule has 1 atom stereocenters. The number of carbonyl (C=O) groups excluding carboxylic acids is 1. The molecule has 1 aromatic heterocycles. The maximum atomic E-state index is 12.5. The van der Waals surface area contributed by atoms with E-state index in [2.05, 4.69) is 23.3 Å². The maximum absolute atomic E-state index is 12.5. The standard InChI is InChI=1S/C20H23N3O3/c1-3-7-16-8-6-13-23(16)20(24)22-15-11-12-19(21-14-15)26-18-10-5-4-9-17(18)25-2/h4-6,8-12,14,16H,3,7,13H2,1-2H3,(H,22,24)/t16-/m1/s1. The van der Waals surface area contributed by atoms with Crippen LogP contribution >= 0.6 is 0 Å². The molecule has 26 heavy (non-hydrogen) atoms. The minimum Gasteiger partial charge on any atom is -0.493 e. The molecule has 6 heteroatoms. The number of carbonyl (C=O) groups is 1. The molecule has 1 aliphatic rings. The second kappa shape index (κ2) is 8.38. The number of methoxy groups -OCH3 is 1. The van der Waals surface area contributed by atoms with Crippen molar-refractivity contribution < 1.29 is 14.3 Å². The van der Waals surface area contributed by atoms with Crippen molar-refractivity contribution in [2.24, 2.45) is 0 Å². The highest BCUT2D eigenvalue weighted by Gasteiger charge is 2.23. The number of aromatic nitrogens is 1. The van der Waals surface area contributed by atoms with Crippen molar-refractivity contribution in [3.05, 3.63) is 54.7 Å². The van der Waals surface area contributed by atoms with Gasteiger partial charge in [0.1, 0.15) is 0 Å². The van der Waals surface area contributed by atoms with Crippen molar-refractivity contribution in [3.8, 4) is 17.4 Å². The van der Waals surface area contributed by atoms with Gasteiger partial charge in [0.15, 0.2) is 11.5 Å². The van der Waals surface area contributed by atoms with Gasteiger partial charge in [-0.05, 0) is 24.6 Å². The highest BCUT2D eigenvalue weighted by molar-refractivity contribution is 5.89. The molecule has 0 fully saturated rings. The molecule has 2 heterocycles. The molecule has 136 valence electrons. The van der Waals surface area contributed by atoms with E-state index in [1.807, 2.05) is 35.2 Å². The Hall–Kier alpha value is -3.02. The Morgan fingerprint density at radius 2 is 2.08 bits per heavy atom.